The van der Waals surface area contributed by atoms with Crippen LogP contribution in [0.5, 0.6) is 0 Å². The second-order valence-electron chi connectivity index (χ2n) is 4.91. The average molecular weight is 349 g/mol. The lowest BCUT2D eigenvalue weighted by Gasteiger charge is -2.15. The third-order valence-electron chi connectivity index (χ3n) is 3.29. The van der Waals surface area contributed by atoms with E-state index in [1.807, 2.05) is 6.07 Å². The minimum absolute atomic E-state index is 0.868. The number of aryl methyl sites for hydroxylation is 1. The summed E-state index contributed by atoms with van der Waals surface area (Å²) in [5.74, 6) is 1.79. The summed E-state index contributed by atoms with van der Waals surface area (Å²) in [6, 6.07) is 6.18. The van der Waals surface area contributed by atoms with Crippen molar-refractivity contribution in [2.45, 2.75) is 33.6 Å². The highest BCUT2D eigenvalue weighted by Gasteiger charge is 2.10. The van der Waals surface area contributed by atoms with Gasteiger partial charge in [0.15, 0.2) is 0 Å². The molecule has 2 N–H and O–H groups in total. The van der Waals surface area contributed by atoms with Crippen LogP contribution in [0, 0.1) is 6.92 Å². The topological polar surface area (TPSA) is 49.8 Å². The maximum atomic E-state index is 4.41. The second kappa shape index (κ2) is 7.41. The van der Waals surface area contributed by atoms with Gasteiger partial charge in [-0.1, -0.05) is 35.8 Å². The van der Waals surface area contributed by atoms with Crippen molar-refractivity contribution < 1.29 is 0 Å². The molecule has 0 amide bonds. The molecule has 1 aromatic heterocycles. The Morgan fingerprint density at radius 1 is 1.14 bits per heavy atom. The summed E-state index contributed by atoms with van der Waals surface area (Å²) in [4.78, 5) is 8.76. The molecule has 0 bridgehead atoms. The average Bonchev–Trinajstić information content (AvgIpc) is 2.49. The van der Waals surface area contributed by atoms with Crippen LogP contribution in [0.3, 0.4) is 0 Å². The molecule has 0 atom stereocenters. The van der Waals surface area contributed by atoms with Gasteiger partial charge in [0, 0.05) is 22.3 Å². The van der Waals surface area contributed by atoms with Crippen LogP contribution in [-0.2, 0) is 6.42 Å². The summed E-state index contributed by atoms with van der Waals surface area (Å²) in [6.07, 6.45) is 3.55. The fraction of sp³-hybridized carbons (Fsp3) is 0.375. The van der Waals surface area contributed by atoms with Gasteiger partial charge in [-0.15, -0.1) is 0 Å². The summed E-state index contributed by atoms with van der Waals surface area (Å²) in [7, 11) is 0. The number of nitrogens with one attached hydrogen (secondary N) is 2. The Hall–Kier alpha value is -1.62. The zero-order chi connectivity index (χ0) is 15.2. The third-order valence-corrected chi connectivity index (χ3v) is 3.79. The van der Waals surface area contributed by atoms with E-state index in [0.717, 1.165) is 46.7 Å². The molecule has 0 saturated carbocycles. The van der Waals surface area contributed by atoms with Crippen LogP contribution in [0.25, 0.3) is 0 Å². The predicted octanol–water partition coefficient (Wildman–Crippen LogP) is 4.68. The van der Waals surface area contributed by atoms with E-state index in [0.29, 0.717) is 0 Å². The molecule has 0 spiro atoms. The summed E-state index contributed by atoms with van der Waals surface area (Å²) < 4.78 is 1.05. The zero-order valence-electron chi connectivity index (χ0n) is 12.7. The van der Waals surface area contributed by atoms with Gasteiger partial charge in [0.2, 0.25) is 0 Å². The van der Waals surface area contributed by atoms with E-state index < -0.39 is 0 Å². The molecule has 112 valence electrons. The zero-order valence-corrected chi connectivity index (χ0v) is 14.3. The van der Waals surface area contributed by atoms with Crippen molar-refractivity contribution in [3.8, 4) is 0 Å². The molecule has 0 fully saturated rings. The van der Waals surface area contributed by atoms with Gasteiger partial charge in [0.05, 0.1) is 0 Å². The van der Waals surface area contributed by atoms with Crippen LogP contribution in [0.4, 0.5) is 17.3 Å². The van der Waals surface area contributed by atoms with Gasteiger partial charge in [-0.05, 0) is 37.5 Å². The van der Waals surface area contributed by atoms with Gasteiger partial charge in [-0.25, -0.2) is 9.97 Å². The van der Waals surface area contributed by atoms with Crippen molar-refractivity contribution in [3.63, 3.8) is 0 Å². The smallest absolute Gasteiger partial charge is 0.139 e. The van der Waals surface area contributed by atoms with Crippen molar-refractivity contribution in [2.24, 2.45) is 0 Å². The summed E-state index contributed by atoms with van der Waals surface area (Å²) in [5.41, 5.74) is 3.35. The largest absolute Gasteiger partial charge is 0.370 e. The molecule has 0 aliphatic carbocycles. The molecule has 0 aliphatic rings. The van der Waals surface area contributed by atoms with E-state index in [4.69, 9.17) is 0 Å². The molecule has 1 aromatic carbocycles. The van der Waals surface area contributed by atoms with Crippen LogP contribution in [0.1, 0.15) is 31.4 Å². The maximum Gasteiger partial charge on any atom is 0.139 e. The van der Waals surface area contributed by atoms with Gasteiger partial charge in [-0.2, -0.15) is 0 Å². The second-order valence-corrected chi connectivity index (χ2v) is 5.83. The number of nitrogens with zero attached hydrogens (tertiary/aromatic N) is 2. The summed E-state index contributed by atoms with van der Waals surface area (Å²) in [5, 5.41) is 6.79. The summed E-state index contributed by atoms with van der Waals surface area (Å²) >= 11 is 3.51. The lowest BCUT2D eigenvalue weighted by atomic mass is 10.1. The highest BCUT2D eigenvalue weighted by atomic mass is 79.9. The summed E-state index contributed by atoms with van der Waals surface area (Å²) in [6.45, 7) is 7.26. The van der Waals surface area contributed by atoms with Gasteiger partial charge >= 0.3 is 0 Å². The number of aromatic nitrogens is 2. The molecule has 21 heavy (non-hydrogen) atoms. The van der Waals surface area contributed by atoms with Crippen LogP contribution < -0.4 is 10.6 Å². The highest BCUT2D eigenvalue weighted by Crippen LogP contribution is 2.27. The van der Waals surface area contributed by atoms with Crippen molar-refractivity contribution in [1.82, 2.24) is 9.97 Å². The molecule has 0 saturated heterocycles. The van der Waals surface area contributed by atoms with Gasteiger partial charge in [-0.3, -0.25) is 0 Å². The Morgan fingerprint density at radius 2 is 1.90 bits per heavy atom. The Labute approximate surface area is 134 Å². The number of hydrogen-bond donors (Lipinski definition) is 2. The lowest BCUT2D eigenvalue weighted by Crippen LogP contribution is -2.09. The van der Waals surface area contributed by atoms with Crippen molar-refractivity contribution >= 4 is 33.3 Å². The van der Waals surface area contributed by atoms with Crippen molar-refractivity contribution in [2.75, 3.05) is 17.2 Å². The minimum atomic E-state index is 0.868. The molecule has 0 unspecified atom stereocenters. The monoisotopic (exact) mass is 348 g/mol. The van der Waals surface area contributed by atoms with Crippen LogP contribution in [-0.4, -0.2) is 16.5 Å². The first-order chi connectivity index (χ1) is 10.2. The number of anilines is 3. The molecule has 0 radical (unpaired) electrons. The Bertz CT molecular complexity index is 613. The normalized spacial score (nSPS) is 10.5. The number of hydrogen-bond acceptors (Lipinski definition) is 4. The number of halogens is 1. The third kappa shape index (κ3) is 3.94. The fourth-order valence-corrected chi connectivity index (χ4v) is 2.47. The van der Waals surface area contributed by atoms with E-state index in [1.165, 1.54) is 5.56 Å². The molecule has 1 heterocycles. The molecular weight excluding hydrogens is 328 g/mol. The molecule has 4 nitrogen and oxygen atoms in total. The van der Waals surface area contributed by atoms with Crippen molar-refractivity contribution in [1.29, 1.82) is 0 Å². The standard InChI is InChI=1S/C16H21BrN4/c1-4-8-18-15-13(5-2)16(20-10-19-15)21-14-9-12(17)7-6-11(14)3/h6-7,9-10H,4-5,8H2,1-3H3,(H2,18,19,20,21). The number of rotatable bonds is 6. The molecule has 2 rings (SSSR count). The predicted molar refractivity (Wildman–Crippen MR) is 92.4 cm³/mol. The Kier molecular flexibility index (Phi) is 5.56. The van der Waals surface area contributed by atoms with E-state index in [9.17, 15) is 0 Å². The minimum Gasteiger partial charge on any atom is -0.370 e. The first kappa shape index (κ1) is 15.8. The Balaban J connectivity index is 2.33. The molecular formula is C16H21BrN4. The highest BCUT2D eigenvalue weighted by molar-refractivity contribution is 9.10. The maximum absolute atomic E-state index is 4.41. The fourth-order valence-electron chi connectivity index (χ4n) is 2.11. The van der Waals surface area contributed by atoms with Crippen LogP contribution in [0.2, 0.25) is 0 Å². The lowest BCUT2D eigenvalue weighted by molar-refractivity contribution is 0.949. The van der Waals surface area contributed by atoms with Gasteiger partial charge in [0.1, 0.15) is 18.0 Å². The molecule has 0 aliphatic heterocycles. The molecule has 2 aromatic rings. The number of benzene rings is 1. The first-order valence-corrected chi connectivity index (χ1v) is 8.05. The van der Waals surface area contributed by atoms with E-state index in [-0.39, 0.29) is 0 Å². The van der Waals surface area contributed by atoms with Crippen LogP contribution >= 0.6 is 15.9 Å². The SMILES string of the molecule is CCCNc1ncnc(Nc2cc(Br)ccc2C)c1CC. The van der Waals surface area contributed by atoms with Gasteiger partial charge < -0.3 is 10.6 Å². The van der Waals surface area contributed by atoms with E-state index >= 15 is 0 Å². The first-order valence-electron chi connectivity index (χ1n) is 7.26. The van der Waals surface area contributed by atoms with Crippen LogP contribution in [0.15, 0.2) is 29.0 Å². The quantitative estimate of drug-likeness (QED) is 0.795. The van der Waals surface area contributed by atoms with E-state index in [2.05, 4.69) is 69.4 Å². The molecule has 5 heteroatoms. The van der Waals surface area contributed by atoms with Crippen molar-refractivity contribution in [3.05, 3.63) is 40.1 Å². The van der Waals surface area contributed by atoms with E-state index in [1.54, 1.807) is 6.33 Å². The van der Waals surface area contributed by atoms with Gasteiger partial charge in [0.25, 0.3) is 0 Å². The Morgan fingerprint density at radius 3 is 2.62 bits per heavy atom.